The van der Waals surface area contributed by atoms with Gasteiger partial charge in [0.1, 0.15) is 0 Å². The topological polar surface area (TPSA) is 53.5 Å². The zero-order valence-corrected chi connectivity index (χ0v) is 19.4. The zero-order chi connectivity index (χ0) is 23.7. The molecule has 0 spiro atoms. The molecule has 1 fully saturated rings. The van der Waals surface area contributed by atoms with Crippen LogP contribution in [0.1, 0.15) is 38.7 Å². The van der Waals surface area contributed by atoms with Gasteiger partial charge in [-0.3, -0.25) is 14.6 Å². The van der Waals surface area contributed by atoms with Crippen LogP contribution in [0.25, 0.3) is 22.0 Å². The van der Waals surface area contributed by atoms with Crippen LogP contribution >= 0.6 is 0 Å². The molecule has 1 aliphatic heterocycles. The summed E-state index contributed by atoms with van der Waals surface area (Å²) >= 11 is 0. The second-order valence-electron chi connectivity index (χ2n) is 8.96. The van der Waals surface area contributed by atoms with E-state index in [1.165, 1.54) is 0 Å². The molecule has 34 heavy (non-hydrogen) atoms. The molecule has 170 valence electrons. The third-order valence-corrected chi connectivity index (χ3v) is 6.51. The Balaban J connectivity index is 1.44. The highest BCUT2D eigenvalue weighted by atomic mass is 16.2. The fourth-order valence-corrected chi connectivity index (χ4v) is 4.72. The van der Waals surface area contributed by atoms with Crippen molar-refractivity contribution in [2.45, 2.75) is 12.3 Å². The Hall–Kier alpha value is -3.99. The molecule has 3 aromatic carbocycles. The van der Waals surface area contributed by atoms with Crippen molar-refractivity contribution in [1.82, 2.24) is 14.8 Å². The minimum Gasteiger partial charge on any atom is -0.345 e. The second kappa shape index (κ2) is 9.10. The number of carbonyl (C=O) groups excluding carboxylic acids is 2. The summed E-state index contributed by atoms with van der Waals surface area (Å²) in [6, 6.07) is 27.5. The Labute approximate surface area is 199 Å². The smallest absolute Gasteiger partial charge is 0.254 e. The monoisotopic (exact) mass is 449 g/mol. The highest BCUT2D eigenvalue weighted by molar-refractivity contribution is 6.06. The van der Waals surface area contributed by atoms with Crippen LogP contribution in [0.5, 0.6) is 0 Å². The molecule has 4 aromatic rings. The summed E-state index contributed by atoms with van der Waals surface area (Å²) in [6.07, 6.45) is 0.820. The largest absolute Gasteiger partial charge is 0.345 e. The molecule has 1 atom stereocenters. The SMILES string of the molecule is CN(C)C(=O)c1cc(C2CCN(C(=O)c3ccccc3-c3ccccc3)C2)nc2ccccc12. The van der Waals surface area contributed by atoms with Gasteiger partial charge in [0.25, 0.3) is 11.8 Å². The lowest BCUT2D eigenvalue weighted by Gasteiger charge is -2.19. The van der Waals surface area contributed by atoms with Gasteiger partial charge >= 0.3 is 0 Å². The molecular weight excluding hydrogens is 422 g/mol. The lowest BCUT2D eigenvalue weighted by Crippen LogP contribution is -2.29. The summed E-state index contributed by atoms with van der Waals surface area (Å²) < 4.78 is 0. The third-order valence-electron chi connectivity index (χ3n) is 6.51. The second-order valence-corrected chi connectivity index (χ2v) is 8.96. The van der Waals surface area contributed by atoms with E-state index in [2.05, 4.69) is 0 Å². The number of fused-ring (bicyclic) bond motifs is 1. The van der Waals surface area contributed by atoms with Crippen LogP contribution in [0.3, 0.4) is 0 Å². The van der Waals surface area contributed by atoms with Crippen LogP contribution in [0, 0.1) is 0 Å². The van der Waals surface area contributed by atoms with Gasteiger partial charge in [0.2, 0.25) is 0 Å². The first kappa shape index (κ1) is 21.8. The van der Waals surface area contributed by atoms with Crippen molar-refractivity contribution in [1.29, 1.82) is 0 Å². The minimum absolute atomic E-state index is 0.0346. The van der Waals surface area contributed by atoms with Crippen LogP contribution in [0.2, 0.25) is 0 Å². The molecule has 2 heterocycles. The number of carbonyl (C=O) groups is 2. The maximum atomic E-state index is 13.5. The summed E-state index contributed by atoms with van der Waals surface area (Å²) in [4.78, 5) is 34.8. The van der Waals surface area contributed by atoms with Crippen molar-refractivity contribution in [3.05, 3.63) is 102 Å². The number of rotatable bonds is 4. The molecule has 1 saturated heterocycles. The van der Waals surface area contributed by atoms with Gasteiger partial charge in [-0.1, -0.05) is 66.7 Å². The Morgan fingerprint density at radius 3 is 2.38 bits per heavy atom. The van der Waals surface area contributed by atoms with Crippen molar-refractivity contribution >= 4 is 22.7 Å². The molecule has 0 N–H and O–H groups in total. The molecule has 1 aromatic heterocycles. The average Bonchev–Trinajstić information content (AvgIpc) is 3.38. The molecule has 1 unspecified atom stereocenters. The number of aromatic nitrogens is 1. The van der Waals surface area contributed by atoms with E-state index in [1.807, 2.05) is 89.8 Å². The summed E-state index contributed by atoms with van der Waals surface area (Å²) in [5.41, 5.74) is 5.03. The van der Waals surface area contributed by atoms with E-state index in [0.29, 0.717) is 24.2 Å². The number of pyridine rings is 1. The quantitative estimate of drug-likeness (QED) is 0.429. The van der Waals surface area contributed by atoms with E-state index in [4.69, 9.17) is 4.98 Å². The number of hydrogen-bond donors (Lipinski definition) is 0. The van der Waals surface area contributed by atoms with Gasteiger partial charge in [0.05, 0.1) is 11.1 Å². The van der Waals surface area contributed by atoms with Crippen LogP contribution in [-0.2, 0) is 0 Å². The van der Waals surface area contributed by atoms with Crippen LogP contribution in [0.4, 0.5) is 0 Å². The van der Waals surface area contributed by atoms with E-state index >= 15 is 0 Å². The summed E-state index contributed by atoms with van der Waals surface area (Å²) in [5.74, 6) is 0.0843. The van der Waals surface area contributed by atoms with Gasteiger partial charge in [0, 0.05) is 49.7 Å². The number of amides is 2. The van der Waals surface area contributed by atoms with Gasteiger partial charge in [-0.25, -0.2) is 0 Å². The van der Waals surface area contributed by atoms with Crippen molar-refractivity contribution in [2.75, 3.05) is 27.2 Å². The normalized spacial score (nSPS) is 15.5. The third kappa shape index (κ3) is 4.05. The Kier molecular flexibility index (Phi) is 5.84. The highest BCUT2D eigenvalue weighted by Gasteiger charge is 2.31. The molecule has 5 rings (SSSR count). The van der Waals surface area contributed by atoms with E-state index < -0.39 is 0 Å². The average molecular weight is 450 g/mol. The Morgan fingerprint density at radius 1 is 0.882 bits per heavy atom. The molecule has 2 amide bonds. The molecular formula is C29H27N3O2. The van der Waals surface area contributed by atoms with Gasteiger partial charge in [-0.2, -0.15) is 0 Å². The fourth-order valence-electron chi connectivity index (χ4n) is 4.72. The first-order chi connectivity index (χ1) is 16.5. The maximum Gasteiger partial charge on any atom is 0.254 e. The van der Waals surface area contributed by atoms with Crippen LogP contribution < -0.4 is 0 Å². The Morgan fingerprint density at radius 2 is 1.59 bits per heavy atom. The number of benzene rings is 3. The van der Waals surface area contributed by atoms with Gasteiger partial charge in [-0.15, -0.1) is 0 Å². The molecule has 0 aliphatic carbocycles. The lowest BCUT2D eigenvalue weighted by molar-refractivity contribution is 0.0789. The molecule has 1 aliphatic rings. The van der Waals surface area contributed by atoms with Crippen molar-refractivity contribution in [3.63, 3.8) is 0 Å². The maximum absolute atomic E-state index is 13.5. The lowest BCUT2D eigenvalue weighted by atomic mass is 9.98. The van der Waals surface area contributed by atoms with Crippen molar-refractivity contribution in [2.24, 2.45) is 0 Å². The van der Waals surface area contributed by atoms with E-state index in [9.17, 15) is 9.59 Å². The predicted molar refractivity (Wildman–Crippen MR) is 135 cm³/mol. The Bertz CT molecular complexity index is 1360. The molecule has 0 bridgehead atoms. The summed E-state index contributed by atoms with van der Waals surface area (Å²) in [7, 11) is 3.52. The van der Waals surface area contributed by atoms with E-state index in [0.717, 1.165) is 34.1 Å². The van der Waals surface area contributed by atoms with Crippen molar-refractivity contribution in [3.8, 4) is 11.1 Å². The fraction of sp³-hybridized carbons (Fsp3) is 0.207. The van der Waals surface area contributed by atoms with E-state index in [1.54, 1.807) is 19.0 Å². The first-order valence-corrected chi connectivity index (χ1v) is 11.6. The number of hydrogen-bond acceptors (Lipinski definition) is 3. The van der Waals surface area contributed by atoms with E-state index in [-0.39, 0.29) is 17.7 Å². The molecule has 0 saturated carbocycles. The molecule has 0 radical (unpaired) electrons. The summed E-state index contributed by atoms with van der Waals surface area (Å²) in [6.45, 7) is 1.25. The zero-order valence-electron chi connectivity index (χ0n) is 19.4. The van der Waals surface area contributed by atoms with Gasteiger partial charge < -0.3 is 9.80 Å². The van der Waals surface area contributed by atoms with Crippen LogP contribution in [0.15, 0.2) is 84.9 Å². The van der Waals surface area contributed by atoms with Crippen molar-refractivity contribution < 1.29 is 9.59 Å². The van der Waals surface area contributed by atoms with Crippen LogP contribution in [-0.4, -0.2) is 53.8 Å². The number of nitrogens with zero attached hydrogens (tertiary/aromatic N) is 3. The molecule has 5 heteroatoms. The van der Waals surface area contributed by atoms with Gasteiger partial charge in [0.15, 0.2) is 0 Å². The minimum atomic E-state index is -0.0393. The predicted octanol–water partition coefficient (Wildman–Crippen LogP) is 5.23. The highest BCUT2D eigenvalue weighted by Crippen LogP contribution is 2.32. The summed E-state index contributed by atoms with van der Waals surface area (Å²) in [5, 5.41) is 0.854. The standard InChI is InChI=1S/C29H27N3O2/c1-31(2)28(33)25-18-27(30-26-15-9-8-13-23(25)26)21-16-17-32(19-21)29(34)24-14-7-6-12-22(24)20-10-4-3-5-11-20/h3-15,18,21H,16-17,19H2,1-2H3. The van der Waals surface area contributed by atoms with Gasteiger partial charge in [-0.05, 0) is 35.7 Å². The number of likely N-dealkylation sites (tertiary alicyclic amines) is 1. The first-order valence-electron chi connectivity index (χ1n) is 11.6. The number of para-hydroxylation sites is 1. The molecule has 5 nitrogen and oxygen atoms in total.